The predicted molar refractivity (Wildman–Crippen MR) is 42.3 cm³/mol. The Kier molecular flexibility index (Phi) is 0.984. The molecule has 0 N–H and O–H groups in total. The smallest absolute Gasteiger partial charge is 0.138 e. The van der Waals surface area contributed by atoms with Gasteiger partial charge in [-0.1, -0.05) is 5.16 Å². The second kappa shape index (κ2) is 1.79. The molecule has 11 heavy (non-hydrogen) atoms. The molecule has 2 nitrogen and oxygen atoms in total. The Morgan fingerprint density at radius 2 is 2.18 bits per heavy atom. The molecule has 1 aliphatic heterocycles. The van der Waals surface area contributed by atoms with Gasteiger partial charge in [0.2, 0.25) is 0 Å². The lowest BCUT2D eigenvalue weighted by molar-refractivity contribution is 0.0275. The van der Waals surface area contributed by atoms with Crippen LogP contribution in [-0.4, -0.2) is 11.8 Å². The Morgan fingerprint density at radius 3 is 3.00 bits per heavy atom. The molecule has 0 saturated heterocycles. The van der Waals surface area contributed by atoms with E-state index in [2.05, 4.69) is 12.1 Å². The van der Waals surface area contributed by atoms with E-state index in [-0.39, 0.29) is 0 Å². The summed E-state index contributed by atoms with van der Waals surface area (Å²) in [5, 5.41) is 4.08. The van der Waals surface area contributed by atoms with Crippen LogP contribution in [0.3, 0.4) is 0 Å². The van der Waals surface area contributed by atoms with Crippen molar-refractivity contribution in [1.82, 2.24) is 0 Å². The molecule has 60 valence electrons. The first-order chi connectivity index (χ1) is 5.36. The van der Waals surface area contributed by atoms with E-state index < -0.39 is 0 Å². The molecule has 2 heteroatoms. The molecule has 2 aliphatic carbocycles. The van der Waals surface area contributed by atoms with Gasteiger partial charge >= 0.3 is 0 Å². The van der Waals surface area contributed by atoms with Crippen LogP contribution in [0.1, 0.15) is 26.2 Å². The molecule has 0 unspecified atom stereocenters. The number of hydrogen-bond donors (Lipinski definition) is 0. The zero-order chi connectivity index (χ0) is 7.42. The SMILES string of the molecule is CC1=NO[C@@H]2[C@H]3CC[C@@H](C3)[C@@H]12. The minimum atomic E-state index is 0.480. The lowest BCUT2D eigenvalue weighted by Crippen LogP contribution is -2.28. The second-order valence-corrected chi connectivity index (χ2v) is 4.16. The van der Waals surface area contributed by atoms with Crippen molar-refractivity contribution in [2.45, 2.75) is 32.3 Å². The first-order valence-corrected chi connectivity index (χ1v) is 4.56. The summed E-state index contributed by atoms with van der Waals surface area (Å²) in [6.45, 7) is 2.12. The lowest BCUT2D eigenvalue weighted by Gasteiger charge is -2.21. The van der Waals surface area contributed by atoms with Gasteiger partial charge in [0.1, 0.15) is 6.10 Å². The molecule has 0 radical (unpaired) electrons. The highest BCUT2D eigenvalue weighted by atomic mass is 16.6. The van der Waals surface area contributed by atoms with E-state index >= 15 is 0 Å². The van der Waals surface area contributed by atoms with E-state index in [4.69, 9.17) is 4.84 Å². The summed E-state index contributed by atoms with van der Waals surface area (Å²) in [6.07, 6.45) is 4.69. The Bertz CT molecular complexity index is 224. The first kappa shape index (κ1) is 6.04. The summed E-state index contributed by atoms with van der Waals surface area (Å²) in [6, 6.07) is 0. The molecule has 0 amide bonds. The minimum Gasteiger partial charge on any atom is -0.392 e. The van der Waals surface area contributed by atoms with Crippen molar-refractivity contribution in [2.75, 3.05) is 0 Å². The average molecular weight is 151 g/mol. The van der Waals surface area contributed by atoms with Crippen LogP contribution < -0.4 is 0 Å². The van der Waals surface area contributed by atoms with E-state index in [0.29, 0.717) is 12.0 Å². The molecular formula is C9H13NO. The van der Waals surface area contributed by atoms with E-state index in [0.717, 1.165) is 11.8 Å². The first-order valence-electron chi connectivity index (χ1n) is 4.56. The molecule has 2 bridgehead atoms. The maximum Gasteiger partial charge on any atom is 0.138 e. The van der Waals surface area contributed by atoms with Crippen LogP contribution in [0.25, 0.3) is 0 Å². The Balaban J connectivity index is 1.96. The van der Waals surface area contributed by atoms with Crippen molar-refractivity contribution in [3.05, 3.63) is 0 Å². The standard InChI is InChI=1S/C9H13NO/c1-5-8-6-2-3-7(4-6)9(8)11-10-5/h6-9H,2-4H2,1H3/t6-,7-,8+,9+/m0/s1. The molecule has 0 aromatic heterocycles. The average Bonchev–Trinajstić information content (AvgIpc) is 2.60. The highest BCUT2D eigenvalue weighted by Crippen LogP contribution is 2.52. The van der Waals surface area contributed by atoms with E-state index in [1.807, 2.05) is 0 Å². The van der Waals surface area contributed by atoms with E-state index in [1.54, 1.807) is 0 Å². The van der Waals surface area contributed by atoms with Gasteiger partial charge in [-0.15, -0.1) is 0 Å². The van der Waals surface area contributed by atoms with Crippen molar-refractivity contribution in [3.8, 4) is 0 Å². The summed E-state index contributed by atoms with van der Waals surface area (Å²) < 4.78 is 0. The van der Waals surface area contributed by atoms with Gasteiger partial charge in [-0.05, 0) is 38.0 Å². The summed E-state index contributed by atoms with van der Waals surface area (Å²) in [5.41, 5.74) is 1.25. The maximum absolute atomic E-state index is 5.41. The van der Waals surface area contributed by atoms with Crippen molar-refractivity contribution in [1.29, 1.82) is 0 Å². The minimum absolute atomic E-state index is 0.480. The molecule has 4 atom stereocenters. The fourth-order valence-corrected chi connectivity index (χ4v) is 3.17. The van der Waals surface area contributed by atoms with Crippen molar-refractivity contribution in [2.24, 2.45) is 22.9 Å². The molecule has 3 aliphatic rings. The van der Waals surface area contributed by atoms with Gasteiger partial charge in [-0.25, -0.2) is 0 Å². The quantitative estimate of drug-likeness (QED) is 0.517. The van der Waals surface area contributed by atoms with Crippen LogP contribution in [0.4, 0.5) is 0 Å². The van der Waals surface area contributed by atoms with E-state index in [9.17, 15) is 0 Å². The molecule has 2 saturated carbocycles. The summed E-state index contributed by atoms with van der Waals surface area (Å²) >= 11 is 0. The third-order valence-electron chi connectivity index (χ3n) is 3.64. The molecule has 0 aromatic rings. The molecule has 0 aromatic carbocycles. The number of fused-ring (bicyclic) bond motifs is 5. The van der Waals surface area contributed by atoms with Gasteiger partial charge in [0.25, 0.3) is 0 Å². The van der Waals surface area contributed by atoms with E-state index in [1.165, 1.54) is 25.0 Å². The summed E-state index contributed by atoms with van der Waals surface area (Å²) in [7, 11) is 0. The number of rotatable bonds is 0. The molecule has 2 fully saturated rings. The number of oxime groups is 1. The van der Waals surface area contributed by atoms with Gasteiger partial charge in [0, 0.05) is 5.92 Å². The highest BCUT2D eigenvalue weighted by Gasteiger charge is 2.52. The van der Waals surface area contributed by atoms with Crippen LogP contribution in [0, 0.1) is 17.8 Å². The summed E-state index contributed by atoms with van der Waals surface area (Å²) in [5.74, 6) is 2.45. The Hall–Kier alpha value is -0.530. The van der Waals surface area contributed by atoms with Crippen LogP contribution >= 0.6 is 0 Å². The zero-order valence-corrected chi connectivity index (χ0v) is 6.79. The summed E-state index contributed by atoms with van der Waals surface area (Å²) in [4.78, 5) is 5.41. The van der Waals surface area contributed by atoms with Crippen molar-refractivity contribution in [3.63, 3.8) is 0 Å². The van der Waals surface area contributed by atoms with Crippen LogP contribution in [-0.2, 0) is 4.84 Å². The van der Waals surface area contributed by atoms with Gasteiger partial charge in [0.15, 0.2) is 0 Å². The number of nitrogens with zero attached hydrogens (tertiary/aromatic N) is 1. The second-order valence-electron chi connectivity index (χ2n) is 4.16. The molecule has 3 rings (SSSR count). The number of hydrogen-bond acceptors (Lipinski definition) is 2. The van der Waals surface area contributed by atoms with Gasteiger partial charge in [0.05, 0.1) is 5.71 Å². The van der Waals surface area contributed by atoms with Gasteiger partial charge < -0.3 is 4.84 Å². The zero-order valence-electron chi connectivity index (χ0n) is 6.79. The highest BCUT2D eigenvalue weighted by molar-refractivity contribution is 5.86. The fraction of sp³-hybridized carbons (Fsp3) is 0.889. The largest absolute Gasteiger partial charge is 0.392 e. The van der Waals surface area contributed by atoms with Gasteiger partial charge in [-0.3, -0.25) is 0 Å². The monoisotopic (exact) mass is 151 g/mol. The fourth-order valence-electron chi connectivity index (χ4n) is 3.17. The maximum atomic E-state index is 5.41. The predicted octanol–water partition coefficient (Wildman–Crippen LogP) is 1.81. The third-order valence-corrected chi connectivity index (χ3v) is 3.64. The van der Waals surface area contributed by atoms with Crippen molar-refractivity contribution >= 4 is 5.71 Å². The normalized spacial score (nSPS) is 52.3. The van der Waals surface area contributed by atoms with Crippen LogP contribution in [0.15, 0.2) is 5.16 Å². The molecule has 1 heterocycles. The van der Waals surface area contributed by atoms with Gasteiger partial charge in [-0.2, -0.15) is 0 Å². The molecule has 0 spiro atoms. The van der Waals surface area contributed by atoms with Crippen LogP contribution in [0.2, 0.25) is 0 Å². The Morgan fingerprint density at radius 1 is 1.36 bits per heavy atom. The third kappa shape index (κ3) is 0.608. The van der Waals surface area contributed by atoms with Crippen LogP contribution in [0.5, 0.6) is 0 Å². The Labute approximate surface area is 66.6 Å². The topological polar surface area (TPSA) is 21.6 Å². The van der Waals surface area contributed by atoms with Crippen molar-refractivity contribution < 1.29 is 4.84 Å². The molecular weight excluding hydrogens is 138 g/mol. The lowest BCUT2D eigenvalue weighted by atomic mass is 9.84.